The first-order valence-electron chi connectivity index (χ1n) is 8.29. The molecule has 2 aromatic rings. The van der Waals surface area contributed by atoms with Crippen molar-refractivity contribution in [1.29, 1.82) is 0 Å². The van der Waals surface area contributed by atoms with Crippen LogP contribution in [-0.4, -0.2) is 24.5 Å². The van der Waals surface area contributed by atoms with Crippen molar-refractivity contribution in [3.63, 3.8) is 0 Å². The molecule has 1 heterocycles. The van der Waals surface area contributed by atoms with Crippen molar-refractivity contribution in [2.45, 2.75) is 25.3 Å². The Bertz CT molecular complexity index is 740. The predicted octanol–water partition coefficient (Wildman–Crippen LogP) is 3.38. The van der Waals surface area contributed by atoms with E-state index in [0.717, 1.165) is 30.6 Å². The average molecular weight is 307 g/mol. The van der Waals surface area contributed by atoms with Gasteiger partial charge in [0.25, 0.3) is 0 Å². The van der Waals surface area contributed by atoms with Crippen molar-refractivity contribution >= 4 is 5.91 Å². The molecule has 0 saturated heterocycles. The quantitative estimate of drug-likeness (QED) is 0.851. The Morgan fingerprint density at radius 1 is 1.09 bits per heavy atom. The number of rotatable bonds is 2. The molecule has 0 fully saturated rings. The lowest BCUT2D eigenvalue weighted by Gasteiger charge is -2.32. The maximum atomic E-state index is 13.0. The number of ether oxygens (including phenoxy) is 1. The number of aryl methyl sites for hydroxylation is 1. The molecule has 4 rings (SSSR count). The van der Waals surface area contributed by atoms with Crippen LogP contribution in [0.5, 0.6) is 5.75 Å². The highest BCUT2D eigenvalue weighted by atomic mass is 16.5. The first-order chi connectivity index (χ1) is 11.2. The van der Waals surface area contributed by atoms with Crippen LogP contribution in [-0.2, 0) is 17.6 Å². The number of nitrogens with zero attached hydrogens (tertiary/aromatic N) is 1. The molecule has 2 unspecified atom stereocenters. The zero-order chi connectivity index (χ0) is 15.8. The zero-order valence-corrected chi connectivity index (χ0v) is 13.4. The van der Waals surface area contributed by atoms with Crippen LogP contribution in [0.15, 0.2) is 48.5 Å². The number of fused-ring (bicyclic) bond motifs is 2. The van der Waals surface area contributed by atoms with Gasteiger partial charge < -0.3 is 9.64 Å². The lowest BCUT2D eigenvalue weighted by Crippen LogP contribution is -2.40. The molecule has 2 aliphatic rings. The maximum absolute atomic E-state index is 13.0. The number of carbonyl (C=O) groups excluding carboxylic acids is 1. The van der Waals surface area contributed by atoms with E-state index in [1.54, 1.807) is 0 Å². The Morgan fingerprint density at radius 2 is 1.83 bits per heavy atom. The van der Waals surface area contributed by atoms with E-state index in [-0.39, 0.29) is 17.9 Å². The van der Waals surface area contributed by atoms with Crippen molar-refractivity contribution in [2.24, 2.45) is 5.92 Å². The Balaban J connectivity index is 1.52. The Hall–Kier alpha value is -2.29. The van der Waals surface area contributed by atoms with E-state index in [0.29, 0.717) is 6.61 Å². The van der Waals surface area contributed by atoms with E-state index in [2.05, 4.69) is 30.3 Å². The Kier molecular flexibility index (Phi) is 3.56. The molecule has 0 N–H and O–H groups in total. The van der Waals surface area contributed by atoms with Gasteiger partial charge in [0.15, 0.2) is 0 Å². The minimum atomic E-state index is -0.0809. The van der Waals surface area contributed by atoms with Gasteiger partial charge in [-0.2, -0.15) is 0 Å². The summed E-state index contributed by atoms with van der Waals surface area (Å²) in [6.07, 6.45) is 2.85. The molecule has 2 aromatic carbocycles. The van der Waals surface area contributed by atoms with Gasteiger partial charge in [0.1, 0.15) is 12.4 Å². The average Bonchev–Trinajstić information content (AvgIpc) is 3.04. The SMILES string of the molecule is CN(C(=O)C1COc2ccccc2C1)C1CCc2ccccc21. The highest BCUT2D eigenvalue weighted by Crippen LogP contribution is 2.36. The number of benzene rings is 2. The molecule has 1 aliphatic carbocycles. The van der Waals surface area contributed by atoms with Crippen LogP contribution in [0.1, 0.15) is 29.2 Å². The summed E-state index contributed by atoms with van der Waals surface area (Å²) in [7, 11) is 1.94. The maximum Gasteiger partial charge on any atom is 0.229 e. The third-order valence-corrected chi connectivity index (χ3v) is 5.14. The molecule has 0 spiro atoms. The number of hydrogen-bond acceptors (Lipinski definition) is 2. The number of carbonyl (C=O) groups is 1. The second-order valence-electron chi connectivity index (χ2n) is 6.52. The molecule has 0 aromatic heterocycles. The summed E-state index contributed by atoms with van der Waals surface area (Å²) in [5.41, 5.74) is 3.82. The fourth-order valence-electron chi connectivity index (χ4n) is 3.87. The number of amides is 1. The summed E-state index contributed by atoms with van der Waals surface area (Å²) in [6.45, 7) is 0.481. The van der Waals surface area contributed by atoms with Crippen LogP contribution in [0.2, 0.25) is 0 Å². The van der Waals surface area contributed by atoms with Gasteiger partial charge in [-0.05, 0) is 42.0 Å². The molecular formula is C20H21NO2. The molecular weight excluding hydrogens is 286 g/mol. The van der Waals surface area contributed by atoms with Crippen LogP contribution in [0.4, 0.5) is 0 Å². The summed E-state index contributed by atoms with van der Waals surface area (Å²) in [6, 6.07) is 16.7. The summed E-state index contributed by atoms with van der Waals surface area (Å²) in [5, 5.41) is 0. The zero-order valence-electron chi connectivity index (χ0n) is 13.4. The monoisotopic (exact) mass is 307 g/mol. The molecule has 23 heavy (non-hydrogen) atoms. The van der Waals surface area contributed by atoms with E-state index in [1.165, 1.54) is 11.1 Å². The van der Waals surface area contributed by atoms with Crippen molar-refractivity contribution in [1.82, 2.24) is 4.90 Å². The third kappa shape index (κ3) is 2.50. The van der Waals surface area contributed by atoms with Gasteiger partial charge in [-0.15, -0.1) is 0 Å². The van der Waals surface area contributed by atoms with E-state index >= 15 is 0 Å². The molecule has 118 valence electrons. The van der Waals surface area contributed by atoms with Crippen molar-refractivity contribution in [3.05, 3.63) is 65.2 Å². The van der Waals surface area contributed by atoms with Crippen molar-refractivity contribution in [3.8, 4) is 5.75 Å². The Morgan fingerprint density at radius 3 is 2.70 bits per heavy atom. The highest BCUT2D eigenvalue weighted by molar-refractivity contribution is 5.80. The molecule has 1 aliphatic heterocycles. The highest BCUT2D eigenvalue weighted by Gasteiger charge is 2.34. The largest absolute Gasteiger partial charge is 0.492 e. The molecule has 0 bridgehead atoms. The van der Waals surface area contributed by atoms with Gasteiger partial charge in [0, 0.05) is 7.05 Å². The molecule has 2 atom stereocenters. The van der Waals surface area contributed by atoms with Crippen LogP contribution in [0.25, 0.3) is 0 Å². The summed E-state index contributed by atoms with van der Waals surface area (Å²) in [4.78, 5) is 14.9. The van der Waals surface area contributed by atoms with Gasteiger partial charge in [0.05, 0.1) is 12.0 Å². The summed E-state index contributed by atoms with van der Waals surface area (Å²) >= 11 is 0. The first kappa shape index (κ1) is 14.3. The number of hydrogen-bond donors (Lipinski definition) is 0. The molecule has 3 nitrogen and oxygen atoms in total. The second kappa shape index (κ2) is 5.73. The van der Waals surface area contributed by atoms with Gasteiger partial charge in [-0.3, -0.25) is 4.79 Å². The molecule has 0 saturated carbocycles. The van der Waals surface area contributed by atoms with Gasteiger partial charge in [-0.25, -0.2) is 0 Å². The van der Waals surface area contributed by atoms with E-state index < -0.39 is 0 Å². The van der Waals surface area contributed by atoms with Crippen LogP contribution in [0.3, 0.4) is 0 Å². The fourth-order valence-corrected chi connectivity index (χ4v) is 3.87. The molecule has 3 heteroatoms. The number of para-hydroxylation sites is 1. The van der Waals surface area contributed by atoms with Crippen LogP contribution < -0.4 is 4.74 Å². The lowest BCUT2D eigenvalue weighted by molar-refractivity contribution is -0.137. The summed E-state index contributed by atoms with van der Waals surface area (Å²) < 4.78 is 5.79. The van der Waals surface area contributed by atoms with Gasteiger partial charge >= 0.3 is 0 Å². The van der Waals surface area contributed by atoms with E-state index in [9.17, 15) is 4.79 Å². The summed E-state index contributed by atoms with van der Waals surface area (Å²) in [5.74, 6) is 1.04. The van der Waals surface area contributed by atoms with Gasteiger partial charge in [0.2, 0.25) is 5.91 Å². The fraction of sp³-hybridized carbons (Fsp3) is 0.350. The third-order valence-electron chi connectivity index (χ3n) is 5.14. The second-order valence-corrected chi connectivity index (χ2v) is 6.52. The smallest absolute Gasteiger partial charge is 0.229 e. The van der Waals surface area contributed by atoms with Crippen molar-refractivity contribution in [2.75, 3.05) is 13.7 Å². The molecule has 0 radical (unpaired) electrons. The predicted molar refractivity (Wildman–Crippen MR) is 89.4 cm³/mol. The molecule has 1 amide bonds. The topological polar surface area (TPSA) is 29.5 Å². The first-order valence-corrected chi connectivity index (χ1v) is 8.29. The van der Waals surface area contributed by atoms with Crippen LogP contribution in [0, 0.1) is 5.92 Å². The van der Waals surface area contributed by atoms with E-state index in [1.807, 2.05) is 30.1 Å². The normalized spacial score (nSPS) is 22.0. The minimum absolute atomic E-state index is 0.0809. The van der Waals surface area contributed by atoms with Crippen molar-refractivity contribution < 1.29 is 9.53 Å². The Labute approximate surface area is 136 Å². The van der Waals surface area contributed by atoms with Gasteiger partial charge in [-0.1, -0.05) is 42.5 Å². The van der Waals surface area contributed by atoms with E-state index in [4.69, 9.17) is 4.74 Å². The standard InChI is InChI=1S/C20H21NO2/c1-21(18-11-10-14-6-2-4-8-17(14)18)20(22)16-12-15-7-3-5-9-19(15)23-13-16/h2-9,16,18H,10-13H2,1H3. The van der Waals surface area contributed by atoms with Crippen LogP contribution >= 0.6 is 0 Å². The lowest BCUT2D eigenvalue weighted by atomic mass is 9.94. The minimum Gasteiger partial charge on any atom is -0.492 e.